The summed E-state index contributed by atoms with van der Waals surface area (Å²) in [7, 11) is 0. The average Bonchev–Trinajstić information content (AvgIpc) is 2.79. The van der Waals surface area contributed by atoms with E-state index in [1.54, 1.807) is 27.7 Å². The zero-order chi connectivity index (χ0) is 29.3. The van der Waals surface area contributed by atoms with Gasteiger partial charge in [0, 0.05) is 5.92 Å². The number of hydrogen-bond acceptors (Lipinski definition) is 8. The van der Waals surface area contributed by atoms with Gasteiger partial charge in [-0.1, -0.05) is 79.0 Å². The Morgan fingerprint density at radius 2 is 1.50 bits per heavy atom. The van der Waals surface area contributed by atoms with Crippen LogP contribution in [0.25, 0.3) is 0 Å². The lowest BCUT2D eigenvalue weighted by Crippen LogP contribution is -2.46. The molecule has 0 saturated heterocycles. The van der Waals surface area contributed by atoms with E-state index in [2.05, 4.69) is 0 Å². The second kappa shape index (κ2) is 14.5. The molecule has 1 aromatic rings. The summed E-state index contributed by atoms with van der Waals surface area (Å²) in [5, 5.41) is 0. The van der Waals surface area contributed by atoms with E-state index in [9.17, 15) is 19.2 Å². The van der Waals surface area contributed by atoms with Gasteiger partial charge in [0.2, 0.25) is 3.79 Å². The minimum atomic E-state index is -1.85. The molecule has 214 valence electrons. The molecule has 0 bridgehead atoms. The maximum atomic E-state index is 13.5. The van der Waals surface area contributed by atoms with Crippen molar-refractivity contribution in [2.75, 3.05) is 13.2 Å². The van der Waals surface area contributed by atoms with E-state index >= 15 is 0 Å². The fourth-order valence-electron chi connectivity index (χ4n) is 3.61. The smallest absolute Gasteiger partial charge is 0.460 e. The number of rotatable bonds is 13. The summed E-state index contributed by atoms with van der Waals surface area (Å²) in [5.41, 5.74) is -1.40. The van der Waals surface area contributed by atoms with Crippen LogP contribution >= 0.6 is 34.8 Å². The third-order valence-electron chi connectivity index (χ3n) is 5.58. The van der Waals surface area contributed by atoms with Crippen molar-refractivity contribution in [1.82, 2.24) is 0 Å². The third kappa shape index (κ3) is 12.3. The summed E-state index contributed by atoms with van der Waals surface area (Å²) in [6.45, 7) is 11.0. The van der Waals surface area contributed by atoms with Gasteiger partial charge in [-0.05, 0) is 40.2 Å². The van der Waals surface area contributed by atoms with Gasteiger partial charge in [0.15, 0.2) is 11.6 Å². The van der Waals surface area contributed by atoms with Crippen LogP contribution in [0.5, 0.6) is 0 Å². The molecular formula is C27H37Cl3O8. The van der Waals surface area contributed by atoms with Gasteiger partial charge in [-0.15, -0.1) is 0 Å². The van der Waals surface area contributed by atoms with Crippen molar-refractivity contribution in [3.63, 3.8) is 0 Å². The highest BCUT2D eigenvalue weighted by Crippen LogP contribution is 2.31. The summed E-state index contributed by atoms with van der Waals surface area (Å²) >= 11 is 16.9. The molecule has 3 atom stereocenters. The quantitative estimate of drug-likeness (QED) is 0.149. The monoisotopic (exact) mass is 594 g/mol. The van der Waals surface area contributed by atoms with E-state index in [0.29, 0.717) is 6.61 Å². The van der Waals surface area contributed by atoms with Crippen LogP contribution in [-0.2, 0) is 39.9 Å². The van der Waals surface area contributed by atoms with Crippen molar-refractivity contribution < 1.29 is 38.1 Å². The zero-order valence-corrected chi connectivity index (χ0v) is 25.1. The summed E-state index contributed by atoms with van der Waals surface area (Å²) in [5.74, 6) is -3.34. The highest BCUT2D eigenvalue weighted by molar-refractivity contribution is 6.67. The Kier molecular flexibility index (Phi) is 13.0. The molecule has 0 aliphatic rings. The largest absolute Gasteiger partial charge is 0.508 e. The van der Waals surface area contributed by atoms with Crippen LogP contribution in [0.1, 0.15) is 60.5 Å². The van der Waals surface area contributed by atoms with Crippen molar-refractivity contribution in [1.29, 1.82) is 0 Å². The van der Waals surface area contributed by atoms with Gasteiger partial charge in [0.05, 0.1) is 24.5 Å². The lowest BCUT2D eigenvalue weighted by molar-refractivity contribution is -0.158. The van der Waals surface area contributed by atoms with Crippen LogP contribution in [0.4, 0.5) is 4.79 Å². The molecule has 38 heavy (non-hydrogen) atoms. The first-order valence-electron chi connectivity index (χ1n) is 12.1. The Labute approximate surface area is 239 Å². The van der Waals surface area contributed by atoms with Crippen LogP contribution < -0.4 is 0 Å². The molecule has 0 radical (unpaired) electrons. The van der Waals surface area contributed by atoms with E-state index in [0.717, 1.165) is 5.56 Å². The van der Waals surface area contributed by atoms with Gasteiger partial charge in [-0.3, -0.25) is 14.4 Å². The average molecular weight is 596 g/mol. The van der Waals surface area contributed by atoms with Crippen molar-refractivity contribution in [3.8, 4) is 0 Å². The number of ketones is 2. The Morgan fingerprint density at radius 1 is 0.921 bits per heavy atom. The molecule has 1 unspecified atom stereocenters. The van der Waals surface area contributed by atoms with E-state index in [1.165, 1.54) is 20.8 Å². The molecule has 0 fully saturated rings. The summed E-state index contributed by atoms with van der Waals surface area (Å²) in [6, 6.07) is 9.45. The lowest BCUT2D eigenvalue weighted by atomic mass is 9.74. The van der Waals surface area contributed by atoms with Crippen molar-refractivity contribution >= 4 is 58.5 Å². The van der Waals surface area contributed by atoms with Gasteiger partial charge in [0.25, 0.3) is 0 Å². The number of alkyl halides is 3. The fourth-order valence-corrected chi connectivity index (χ4v) is 3.78. The number of carbonyl (C=O) groups excluding carboxylic acids is 4. The fraction of sp³-hybridized carbons (Fsp3) is 0.630. The molecule has 0 N–H and O–H groups in total. The van der Waals surface area contributed by atoms with Crippen LogP contribution in [0, 0.1) is 17.3 Å². The number of hydrogen-bond donors (Lipinski definition) is 0. The van der Waals surface area contributed by atoms with Crippen LogP contribution in [0.15, 0.2) is 30.3 Å². The van der Waals surface area contributed by atoms with Crippen LogP contribution in [-0.4, -0.2) is 52.4 Å². The standard InChI is InChI=1S/C27H37Cl3O8/c1-17(14-35-15-19-11-9-8-10-12-19)22(37-24(34)36-16-27(28,29)30)18(2)23(33)26(6,7)20(31)13-21(32)38-25(3,4)5/h8-12,17-18,22H,13-16H2,1-7H3/t17-,18?,22-/m0/s1. The van der Waals surface area contributed by atoms with Gasteiger partial charge in [-0.2, -0.15) is 0 Å². The number of carbonyl (C=O) groups is 4. The second-order valence-corrected chi connectivity index (χ2v) is 13.2. The van der Waals surface area contributed by atoms with Gasteiger partial charge < -0.3 is 18.9 Å². The topological polar surface area (TPSA) is 105 Å². The molecule has 1 rings (SSSR count). The Balaban J connectivity index is 3.02. The molecule has 0 aliphatic heterocycles. The van der Waals surface area contributed by atoms with Crippen molar-refractivity contribution in [3.05, 3.63) is 35.9 Å². The second-order valence-electron chi connectivity index (χ2n) is 10.7. The molecular weight excluding hydrogens is 559 g/mol. The molecule has 8 nitrogen and oxygen atoms in total. The first-order valence-corrected chi connectivity index (χ1v) is 13.3. The van der Waals surface area contributed by atoms with Gasteiger partial charge in [-0.25, -0.2) is 4.79 Å². The molecule has 0 aliphatic carbocycles. The first kappa shape index (κ1) is 34.2. The Morgan fingerprint density at radius 3 is 2.03 bits per heavy atom. The molecule has 0 aromatic heterocycles. The van der Waals surface area contributed by atoms with Crippen molar-refractivity contribution in [2.45, 2.75) is 77.0 Å². The molecule has 11 heteroatoms. The predicted octanol–water partition coefficient (Wildman–Crippen LogP) is 6.26. The summed E-state index contributed by atoms with van der Waals surface area (Å²) in [6.07, 6.45) is -2.77. The Hall–Kier alpha value is -1.87. The predicted molar refractivity (Wildman–Crippen MR) is 145 cm³/mol. The Bertz CT molecular complexity index is 951. The molecule has 0 heterocycles. The maximum Gasteiger partial charge on any atom is 0.508 e. The maximum absolute atomic E-state index is 13.5. The minimum Gasteiger partial charge on any atom is -0.460 e. The van der Waals surface area contributed by atoms with E-state index in [-0.39, 0.29) is 6.61 Å². The first-order chi connectivity index (χ1) is 17.3. The molecule has 0 amide bonds. The lowest BCUT2D eigenvalue weighted by Gasteiger charge is -2.32. The third-order valence-corrected chi connectivity index (χ3v) is 5.91. The SMILES string of the molecule is CC(C(=O)C(C)(C)C(=O)CC(=O)OC(C)(C)C)[C@@H](OC(=O)OCC(Cl)(Cl)Cl)[C@@H](C)COCc1ccccc1. The van der Waals surface area contributed by atoms with E-state index < -0.39 is 69.5 Å². The molecule has 0 spiro atoms. The molecule has 1 aromatic carbocycles. The number of esters is 1. The number of Topliss-reactive ketones (excluding diaryl/α,β-unsaturated/α-hetero) is 2. The highest BCUT2D eigenvalue weighted by Gasteiger charge is 2.44. The summed E-state index contributed by atoms with van der Waals surface area (Å²) < 4.78 is 19.5. The van der Waals surface area contributed by atoms with E-state index in [1.807, 2.05) is 30.3 Å². The minimum absolute atomic E-state index is 0.126. The normalized spacial score (nSPS) is 14.7. The zero-order valence-electron chi connectivity index (χ0n) is 22.8. The van der Waals surface area contributed by atoms with Crippen molar-refractivity contribution in [2.24, 2.45) is 17.3 Å². The number of benzene rings is 1. The van der Waals surface area contributed by atoms with Gasteiger partial charge in [0.1, 0.15) is 24.7 Å². The van der Waals surface area contributed by atoms with Gasteiger partial charge >= 0.3 is 12.1 Å². The highest BCUT2D eigenvalue weighted by atomic mass is 35.6. The van der Waals surface area contributed by atoms with E-state index in [4.69, 9.17) is 53.8 Å². The summed E-state index contributed by atoms with van der Waals surface area (Å²) in [4.78, 5) is 51.0. The van der Waals surface area contributed by atoms with Crippen LogP contribution in [0.2, 0.25) is 0 Å². The number of ether oxygens (including phenoxy) is 4. The van der Waals surface area contributed by atoms with Crippen LogP contribution in [0.3, 0.4) is 0 Å². The molecule has 0 saturated carbocycles. The number of halogens is 3.